The fourth-order valence-corrected chi connectivity index (χ4v) is 4.36. The highest BCUT2D eigenvalue weighted by Gasteiger charge is 2.27. The van der Waals surface area contributed by atoms with Crippen LogP contribution in [0.3, 0.4) is 0 Å². The minimum atomic E-state index is -3.61. The minimum absolute atomic E-state index is 0.118. The lowest BCUT2D eigenvalue weighted by Gasteiger charge is -2.10. The van der Waals surface area contributed by atoms with E-state index < -0.39 is 10.0 Å². The molecule has 3 rings (SSSR count). The highest BCUT2D eigenvalue weighted by molar-refractivity contribution is 7.89. The Morgan fingerprint density at radius 1 is 1.27 bits per heavy atom. The summed E-state index contributed by atoms with van der Waals surface area (Å²) in [6, 6.07) is 9.12. The summed E-state index contributed by atoms with van der Waals surface area (Å²) in [7, 11) is -3.61. The number of hydrogen-bond acceptors (Lipinski definition) is 2. The van der Waals surface area contributed by atoms with Gasteiger partial charge in [-0.15, -0.1) is 0 Å². The lowest BCUT2D eigenvalue weighted by atomic mass is 10.2. The Labute approximate surface area is 136 Å². The maximum Gasteiger partial charge on any atom is 0.242 e. The molecule has 0 unspecified atom stereocenters. The van der Waals surface area contributed by atoms with Gasteiger partial charge in [0.15, 0.2) is 0 Å². The summed E-state index contributed by atoms with van der Waals surface area (Å²) in [5.74, 6) is 0. The van der Waals surface area contributed by atoms with E-state index in [2.05, 4.69) is 22.3 Å². The van der Waals surface area contributed by atoms with Crippen LogP contribution in [0.5, 0.6) is 0 Å². The molecule has 0 bridgehead atoms. The Bertz CT molecular complexity index is 808. The molecule has 118 valence electrons. The number of sulfonamides is 1. The third kappa shape index (κ3) is 2.93. The van der Waals surface area contributed by atoms with Gasteiger partial charge in [0.05, 0.1) is 5.02 Å². The van der Waals surface area contributed by atoms with Crippen LogP contribution in [0.1, 0.15) is 35.8 Å². The Morgan fingerprint density at radius 3 is 2.59 bits per heavy atom. The number of benzene rings is 1. The molecule has 0 atom stereocenters. The van der Waals surface area contributed by atoms with Crippen LogP contribution in [0.4, 0.5) is 0 Å². The van der Waals surface area contributed by atoms with E-state index in [0.717, 1.165) is 11.3 Å². The molecular weight excluding hydrogens is 320 g/mol. The van der Waals surface area contributed by atoms with Crippen molar-refractivity contribution in [2.75, 3.05) is 0 Å². The fraction of sp³-hybridized carbons (Fsp3) is 0.375. The number of nitrogens with one attached hydrogen (secondary N) is 1. The van der Waals surface area contributed by atoms with E-state index in [-0.39, 0.29) is 16.5 Å². The van der Waals surface area contributed by atoms with Crippen molar-refractivity contribution in [3.63, 3.8) is 0 Å². The summed E-state index contributed by atoms with van der Waals surface area (Å²) in [6.45, 7) is 4.39. The zero-order valence-corrected chi connectivity index (χ0v) is 14.2. The third-order valence-corrected chi connectivity index (χ3v) is 5.98. The number of nitrogens with zero attached hydrogens (tertiary/aromatic N) is 1. The third-order valence-electron chi connectivity index (χ3n) is 4.08. The van der Waals surface area contributed by atoms with Crippen molar-refractivity contribution in [2.45, 2.75) is 44.2 Å². The predicted molar refractivity (Wildman–Crippen MR) is 87.7 cm³/mol. The van der Waals surface area contributed by atoms with Gasteiger partial charge in [-0.2, -0.15) is 0 Å². The van der Waals surface area contributed by atoms with Gasteiger partial charge in [0.1, 0.15) is 4.90 Å². The Morgan fingerprint density at radius 2 is 1.95 bits per heavy atom. The molecule has 0 saturated heterocycles. The van der Waals surface area contributed by atoms with Gasteiger partial charge < -0.3 is 4.57 Å². The van der Waals surface area contributed by atoms with Gasteiger partial charge in [0, 0.05) is 24.0 Å². The molecule has 1 aliphatic carbocycles. The van der Waals surface area contributed by atoms with Crippen LogP contribution in [0, 0.1) is 13.8 Å². The predicted octanol–water partition coefficient (Wildman–Crippen LogP) is 3.57. The van der Waals surface area contributed by atoms with Crippen LogP contribution in [-0.2, 0) is 16.6 Å². The minimum Gasteiger partial charge on any atom is -0.346 e. The van der Waals surface area contributed by atoms with Gasteiger partial charge in [-0.05, 0) is 50.5 Å². The maximum absolute atomic E-state index is 12.4. The van der Waals surface area contributed by atoms with Crippen molar-refractivity contribution in [3.8, 4) is 0 Å². The molecule has 1 aromatic carbocycles. The van der Waals surface area contributed by atoms with Crippen LogP contribution in [0.25, 0.3) is 0 Å². The molecule has 1 fully saturated rings. The van der Waals surface area contributed by atoms with E-state index in [9.17, 15) is 8.42 Å². The van der Waals surface area contributed by atoms with Gasteiger partial charge in [0.2, 0.25) is 10.0 Å². The summed E-state index contributed by atoms with van der Waals surface area (Å²) < 4.78 is 29.7. The average Bonchev–Trinajstić information content (AvgIpc) is 3.24. The summed E-state index contributed by atoms with van der Waals surface area (Å²) in [5.41, 5.74) is 3.34. The van der Waals surface area contributed by atoms with E-state index >= 15 is 0 Å². The first-order valence-electron chi connectivity index (χ1n) is 7.31. The number of halogens is 1. The van der Waals surface area contributed by atoms with Crippen molar-refractivity contribution in [3.05, 3.63) is 52.3 Å². The number of aromatic nitrogens is 1. The molecule has 22 heavy (non-hydrogen) atoms. The van der Waals surface area contributed by atoms with Gasteiger partial charge in [-0.1, -0.05) is 23.7 Å². The molecule has 1 N–H and O–H groups in total. The van der Waals surface area contributed by atoms with Crippen LogP contribution in [0.15, 0.2) is 35.2 Å². The Kier molecular flexibility index (Phi) is 4.05. The second-order valence-corrected chi connectivity index (χ2v) is 7.90. The molecule has 0 aliphatic heterocycles. The molecule has 1 heterocycles. The number of aryl methyl sites for hydroxylation is 1. The fourth-order valence-electron chi connectivity index (χ4n) is 2.83. The smallest absolute Gasteiger partial charge is 0.242 e. The number of rotatable bonds is 5. The monoisotopic (exact) mass is 338 g/mol. The lowest BCUT2D eigenvalue weighted by Crippen LogP contribution is -2.23. The first-order valence-corrected chi connectivity index (χ1v) is 9.18. The molecule has 0 amide bonds. The Hall–Kier alpha value is -1.30. The van der Waals surface area contributed by atoms with E-state index in [1.54, 1.807) is 18.2 Å². The summed E-state index contributed by atoms with van der Waals surface area (Å²) in [6.07, 6.45) is 2.42. The van der Waals surface area contributed by atoms with Crippen molar-refractivity contribution >= 4 is 21.6 Å². The zero-order valence-electron chi connectivity index (χ0n) is 12.6. The van der Waals surface area contributed by atoms with Gasteiger partial charge in [-0.25, -0.2) is 13.1 Å². The molecule has 2 aromatic rings. The molecule has 6 heteroatoms. The summed E-state index contributed by atoms with van der Waals surface area (Å²) in [5, 5.41) is 0.235. The van der Waals surface area contributed by atoms with Crippen molar-refractivity contribution in [2.24, 2.45) is 0 Å². The topological polar surface area (TPSA) is 51.1 Å². The molecule has 4 nitrogen and oxygen atoms in total. The first kappa shape index (κ1) is 15.6. The largest absolute Gasteiger partial charge is 0.346 e. The quantitative estimate of drug-likeness (QED) is 0.906. The lowest BCUT2D eigenvalue weighted by molar-refractivity contribution is 0.581. The highest BCUT2D eigenvalue weighted by atomic mass is 35.5. The molecule has 0 spiro atoms. The van der Waals surface area contributed by atoms with Crippen LogP contribution >= 0.6 is 11.6 Å². The second-order valence-electron chi connectivity index (χ2n) is 5.75. The van der Waals surface area contributed by atoms with E-state index in [1.807, 2.05) is 6.92 Å². The average molecular weight is 339 g/mol. The van der Waals surface area contributed by atoms with Gasteiger partial charge >= 0.3 is 0 Å². The first-order chi connectivity index (χ1) is 10.4. The normalized spacial score (nSPS) is 15.2. The molecule has 0 radical (unpaired) electrons. The van der Waals surface area contributed by atoms with E-state index in [1.165, 1.54) is 24.6 Å². The number of hydrogen-bond donors (Lipinski definition) is 1. The summed E-state index contributed by atoms with van der Waals surface area (Å²) in [4.78, 5) is 0.118. The van der Waals surface area contributed by atoms with E-state index in [0.29, 0.717) is 6.04 Å². The van der Waals surface area contributed by atoms with Crippen LogP contribution < -0.4 is 4.72 Å². The van der Waals surface area contributed by atoms with Crippen molar-refractivity contribution in [1.29, 1.82) is 0 Å². The molecule has 1 aromatic heterocycles. The molecule has 1 saturated carbocycles. The van der Waals surface area contributed by atoms with Crippen LogP contribution in [-0.4, -0.2) is 13.0 Å². The maximum atomic E-state index is 12.4. The summed E-state index contributed by atoms with van der Waals surface area (Å²) >= 11 is 5.98. The van der Waals surface area contributed by atoms with Crippen LogP contribution in [0.2, 0.25) is 5.02 Å². The van der Waals surface area contributed by atoms with Gasteiger partial charge in [0.25, 0.3) is 0 Å². The molecular formula is C16H19ClN2O2S. The van der Waals surface area contributed by atoms with Crippen molar-refractivity contribution < 1.29 is 8.42 Å². The zero-order chi connectivity index (χ0) is 15.9. The Balaban J connectivity index is 1.81. The standard InChI is InChI=1S/C16H19ClN2O2S/c1-11-9-13(12(2)19(11)14-7-8-14)10-18-22(20,21)16-6-4-3-5-15(16)17/h3-6,9,14,18H,7-8,10H2,1-2H3. The SMILES string of the molecule is Cc1cc(CNS(=O)(=O)c2ccccc2Cl)c(C)n1C1CC1. The molecule has 1 aliphatic rings. The highest BCUT2D eigenvalue weighted by Crippen LogP contribution is 2.38. The van der Waals surface area contributed by atoms with E-state index in [4.69, 9.17) is 11.6 Å². The second kappa shape index (κ2) is 5.72. The van der Waals surface area contributed by atoms with Gasteiger partial charge in [-0.3, -0.25) is 0 Å². The van der Waals surface area contributed by atoms with Crippen molar-refractivity contribution in [1.82, 2.24) is 9.29 Å².